The minimum atomic E-state index is -1.36. The second-order valence-electron chi connectivity index (χ2n) is 5.75. The first kappa shape index (κ1) is 16.9. The monoisotopic (exact) mass is 332 g/mol. The fraction of sp³-hybridized carbons (Fsp3) is 0.333. The van der Waals surface area contributed by atoms with Gasteiger partial charge in [0, 0.05) is 0 Å². The lowest BCUT2D eigenvalue weighted by atomic mass is 10.0. The van der Waals surface area contributed by atoms with Crippen LogP contribution in [0.25, 0.3) is 0 Å². The number of hydrogen-bond donors (Lipinski definition) is 4. The van der Waals surface area contributed by atoms with Crippen LogP contribution in [0.2, 0.25) is 0 Å². The first-order valence-corrected chi connectivity index (χ1v) is 7.71. The standard InChI is InChI=1S/C18H20O6/c19-14-10-23-18(17(22)16(14)21)24-13-8-4-7-12(9-13)15(20)11-5-2-1-3-6-11/h1-9,14-22H,10H2/t14-,15?,16+,17-,18+/m1/s1. The Morgan fingerprint density at radius 1 is 0.917 bits per heavy atom. The van der Waals surface area contributed by atoms with Crippen LogP contribution in [-0.4, -0.2) is 51.6 Å². The van der Waals surface area contributed by atoms with E-state index in [1.807, 2.05) is 30.3 Å². The highest BCUT2D eigenvalue weighted by atomic mass is 16.7. The third-order valence-corrected chi connectivity index (χ3v) is 4.00. The number of ether oxygens (including phenoxy) is 2. The van der Waals surface area contributed by atoms with E-state index < -0.39 is 30.7 Å². The number of hydrogen-bond acceptors (Lipinski definition) is 6. The quantitative estimate of drug-likeness (QED) is 0.654. The highest BCUT2D eigenvalue weighted by Gasteiger charge is 2.39. The number of benzene rings is 2. The zero-order valence-corrected chi connectivity index (χ0v) is 12.9. The molecular weight excluding hydrogens is 312 g/mol. The average Bonchev–Trinajstić information content (AvgIpc) is 2.62. The molecule has 1 heterocycles. The molecule has 1 aliphatic heterocycles. The molecule has 2 aromatic carbocycles. The van der Waals surface area contributed by atoms with Crippen molar-refractivity contribution in [2.45, 2.75) is 30.7 Å². The van der Waals surface area contributed by atoms with Crippen molar-refractivity contribution in [3.05, 3.63) is 65.7 Å². The van der Waals surface area contributed by atoms with Gasteiger partial charge in [0.25, 0.3) is 0 Å². The normalized spacial score (nSPS) is 28.3. The van der Waals surface area contributed by atoms with Crippen molar-refractivity contribution in [3.8, 4) is 5.75 Å². The van der Waals surface area contributed by atoms with E-state index >= 15 is 0 Å². The molecule has 1 unspecified atom stereocenters. The Balaban J connectivity index is 1.74. The molecule has 1 aliphatic rings. The lowest BCUT2D eigenvalue weighted by Gasteiger charge is -2.35. The lowest BCUT2D eigenvalue weighted by Crippen LogP contribution is -2.54. The summed E-state index contributed by atoms with van der Waals surface area (Å²) >= 11 is 0. The molecule has 0 amide bonds. The van der Waals surface area contributed by atoms with E-state index in [0.29, 0.717) is 11.3 Å². The van der Waals surface area contributed by atoms with Gasteiger partial charge in [-0.25, -0.2) is 0 Å². The molecule has 0 radical (unpaired) electrons. The van der Waals surface area contributed by atoms with E-state index in [9.17, 15) is 20.4 Å². The Morgan fingerprint density at radius 3 is 2.38 bits per heavy atom. The van der Waals surface area contributed by atoms with Crippen LogP contribution >= 0.6 is 0 Å². The highest BCUT2D eigenvalue weighted by molar-refractivity contribution is 5.35. The predicted octanol–water partition coefficient (Wildman–Crippen LogP) is 0.586. The molecule has 4 N–H and O–H groups in total. The van der Waals surface area contributed by atoms with Crippen LogP contribution < -0.4 is 4.74 Å². The molecule has 2 aromatic rings. The first-order chi connectivity index (χ1) is 11.6. The third kappa shape index (κ3) is 3.58. The summed E-state index contributed by atoms with van der Waals surface area (Å²) in [7, 11) is 0. The second-order valence-corrected chi connectivity index (χ2v) is 5.75. The van der Waals surface area contributed by atoms with E-state index in [1.165, 1.54) is 0 Å². The molecule has 128 valence electrons. The number of aliphatic hydroxyl groups excluding tert-OH is 4. The van der Waals surface area contributed by atoms with Crippen LogP contribution in [0, 0.1) is 0 Å². The van der Waals surface area contributed by atoms with Gasteiger partial charge in [-0.05, 0) is 23.3 Å². The van der Waals surface area contributed by atoms with Gasteiger partial charge >= 0.3 is 0 Å². The minimum Gasteiger partial charge on any atom is -0.462 e. The van der Waals surface area contributed by atoms with Crippen molar-refractivity contribution in [1.82, 2.24) is 0 Å². The van der Waals surface area contributed by atoms with E-state index in [0.717, 1.165) is 5.56 Å². The summed E-state index contributed by atoms with van der Waals surface area (Å²) < 4.78 is 10.8. The van der Waals surface area contributed by atoms with Gasteiger partial charge in [0.15, 0.2) is 0 Å². The van der Waals surface area contributed by atoms with Gasteiger partial charge in [-0.3, -0.25) is 0 Å². The molecule has 24 heavy (non-hydrogen) atoms. The summed E-state index contributed by atoms with van der Waals surface area (Å²) in [5, 5.41) is 39.5. The molecule has 1 fully saturated rings. The number of aliphatic hydroxyl groups is 4. The second kappa shape index (κ2) is 7.29. The Bertz CT molecular complexity index is 662. The smallest absolute Gasteiger partial charge is 0.228 e. The van der Waals surface area contributed by atoms with Gasteiger partial charge in [-0.2, -0.15) is 0 Å². The summed E-state index contributed by atoms with van der Waals surface area (Å²) in [6, 6.07) is 16.0. The van der Waals surface area contributed by atoms with Crippen LogP contribution in [0.1, 0.15) is 17.2 Å². The summed E-state index contributed by atoms with van der Waals surface area (Å²) in [5.41, 5.74) is 1.38. The highest BCUT2D eigenvalue weighted by Crippen LogP contribution is 2.27. The van der Waals surface area contributed by atoms with Crippen molar-refractivity contribution >= 4 is 0 Å². The van der Waals surface area contributed by atoms with Crippen LogP contribution in [0.4, 0.5) is 0 Å². The Kier molecular flexibility index (Phi) is 5.13. The van der Waals surface area contributed by atoms with Crippen molar-refractivity contribution in [3.63, 3.8) is 0 Å². The van der Waals surface area contributed by atoms with E-state index in [-0.39, 0.29) is 6.61 Å². The number of rotatable bonds is 4. The maximum Gasteiger partial charge on any atom is 0.228 e. The average molecular weight is 332 g/mol. The van der Waals surface area contributed by atoms with E-state index in [1.54, 1.807) is 24.3 Å². The summed E-state index contributed by atoms with van der Waals surface area (Å²) in [6.07, 6.45) is -5.74. The fourth-order valence-electron chi connectivity index (χ4n) is 2.60. The SMILES string of the molecule is OC(c1ccccc1)c1cccc(O[C@@H]2OC[C@@H](O)[C@H](O)[C@H]2O)c1. The molecule has 3 rings (SSSR count). The van der Waals surface area contributed by atoms with Gasteiger partial charge in [-0.1, -0.05) is 42.5 Å². The zero-order valence-electron chi connectivity index (χ0n) is 12.9. The van der Waals surface area contributed by atoms with E-state index in [4.69, 9.17) is 9.47 Å². The molecule has 0 bridgehead atoms. The topological polar surface area (TPSA) is 99.4 Å². The predicted molar refractivity (Wildman–Crippen MR) is 85.3 cm³/mol. The Labute approximate surface area is 139 Å². The van der Waals surface area contributed by atoms with Gasteiger partial charge in [0.2, 0.25) is 6.29 Å². The van der Waals surface area contributed by atoms with Gasteiger partial charge in [-0.15, -0.1) is 0 Å². The first-order valence-electron chi connectivity index (χ1n) is 7.71. The van der Waals surface area contributed by atoms with Gasteiger partial charge < -0.3 is 29.9 Å². The molecule has 0 aromatic heterocycles. The molecular formula is C18H20O6. The molecule has 6 heteroatoms. The van der Waals surface area contributed by atoms with Crippen LogP contribution in [0.3, 0.4) is 0 Å². The van der Waals surface area contributed by atoms with Crippen LogP contribution in [0.5, 0.6) is 5.75 Å². The Morgan fingerprint density at radius 2 is 1.62 bits per heavy atom. The fourth-order valence-corrected chi connectivity index (χ4v) is 2.60. The maximum absolute atomic E-state index is 10.4. The molecule has 6 nitrogen and oxygen atoms in total. The largest absolute Gasteiger partial charge is 0.462 e. The van der Waals surface area contributed by atoms with Crippen molar-refractivity contribution < 1.29 is 29.9 Å². The molecule has 0 spiro atoms. The van der Waals surface area contributed by atoms with Gasteiger partial charge in [0.05, 0.1) is 6.61 Å². The lowest BCUT2D eigenvalue weighted by molar-refractivity contribution is -0.242. The summed E-state index contributed by atoms with van der Waals surface area (Å²) in [4.78, 5) is 0. The molecule has 1 saturated heterocycles. The molecule has 0 aliphatic carbocycles. The van der Waals surface area contributed by atoms with Crippen molar-refractivity contribution in [2.75, 3.05) is 6.61 Å². The van der Waals surface area contributed by atoms with Crippen molar-refractivity contribution in [2.24, 2.45) is 0 Å². The molecule has 0 saturated carbocycles. The molecule has 5 atom stereocenters. The van der Waals surface area contributed by atoms with Crippen molar-refractivity contribution in [1.29, 1.82) is 0 Å². The van der Waals surface area contributed by atoms with Gasteiger partial charge in [0.1, 0.15) is 30.2 Å². The maximum atomic E-state index is 10.4. The minimum absolute atomic E-state index is 0.130. The van der Waals surface area contributed by atoms with E-state index in [2.05, 4.69) is 0 Å². The Hall–Kier alpha value is -1.96. The third-order valence-electron chi connectivity index (χ3n) is 4.00. The summed E-state index contributed by atoms with van der Waals surface area (Å²) in [6.45, 7) is -0.130. The zero-order chi connectivity index (χ0) is 17.1. The van der Waals surface area contributed by atoms with Crippen LogP contribution in [-0.2, 0) is 4.74 Å². The van der Waals surface area contributed by atoms with Crippen LogP contribution in [0.15, 0.2) is 54.6 Å². The summed E-state index contributed by atoms with van der Waals surface area (Å²) in [5.74, 6) is 0.384.